The summed E-state index contributed by atoms with van der Waals surface area (Å²) in [6, 6.07) is 8.28. The van der Waals surface area contributed by atoms with Gasteiger partial charge in [-0.1, -0.05) is 12.5 Å². The monoisotopic (exact) mass is 490 g/mol. The summed E-state index contributed by atoms with van der Waals surface area (Å²) in [5.74, 6) is 0.361. The van der Waals surface area contributed by atoms with E-state index in [-0.39, 0.29) is 23.8 Å². The third kappa shape index (κ3) is 4.57. The normalized spacial score (nSPS) is 20.5. The summed E-state index contributed by atoms with van der Waals surface area (Å²) < 4.78 is 14.5. The largest absolute Gasteiger partial charge is 0.300 e. The molecule has 4 heterocycles. The number of carbonyl (C=O) groups excluding carboxylic acids is 1. The molecule has 2 aliphatic heterocycles. The highest BCUT2D eigenvalue weighted by atomic mass is 19.1. The van der Waals surface area contributed by atoms with E-state index >= 15 is 0 Å². The third-order valence-corrected chi connectivity index (χ3v) is 8.52. The van der Waals surface area contributed by atoms with Crippen LogP contribution in [0, 0.1) is 11.3 Å². The summed E-state index contributed by atoms with van der Waals surface area (Å²) in [4.78, 5) is 17.6. The van der Waals surface area contributed by atoms with Gasteiger partial charge in [-0.3, -0.25) is 19.3 Å². The average molecular weight is 491 g/mol. The van der Waals surface area contributed by atoms with Crippen LogP contribution in [0.15, 0.2) is 30.5 Å². The Kier molecular flexibility index (Phi) is 6.33. The van der Waals surface area contributed by atoms with Gasteiger partial charge in [0.2, 0.25) is 0 Å². The van der Waals surface area contributed by atoms with E-state index in [1.54, 1.807) is 0 Å². The molecule has 1 spiro atoms. The van der Waals surface area contributed by atoms with E-state index in [9.17, 15) is 9.18 Å². The van der Waals surface area contributed by atoms with Crippen LogP contribution in [-0.2, 0) is 24.8 Å². The minimum atomic E-state index is -0.290. The first-order valence-corrected chi connectivity index (χ1v) is 13.3. The maximum atomic E-state index is 12.9. The van der Waals surface area contributed by atoms with Crippen molar-refractivity contribution in [2.24, 2.45) is 18.4 Å². The molecule has 2 aromatic heterocycles. The van der Waals surface area contributed by atoms with Crippen LogP contribution in [0.5, 0.6) is 0 Å². The molecule has 190 valence electrons. The first-order valence-electron chi connectivity index (χ1n) is 13.3. The van der Waals surface area contributed by atoms with Crippen LogP contribution in [0.1, 0.15) is 43.5 Å². The van der Waals surface area contributed by atoms with Crippen LogP contribution < -0.4 is 0 Å². The molecule has 3 fully saturated rings. The van der Waals surface area contributed by atoms with Crippen LogP contribution in [0.4, 0.5) is 4.39 Å². The fraction of sp³-hybridized carbons (Fsp3) is 0.571. The Morgan fingerprint density at radius 1 is 1.08 bits per heavy atom. The number of hydrogen-bond acceptors (Lipinski definition) is 6. The number of ketones is 1. The smallest absolute Gasteiger partial charge is 0.142 e. The van der Waals surface area contributed by atoms with E-state index in [0.29, 0.717) is 13.0 Å². The fourth-order valence-corrected chi connectivity index (χ4v) is 6.54. The number of hydrogen-bond donors (Lipinski definition) is 0. The highest BCUT2D eigenvalue weighted by Crippen LogP contribution is 2.52. The summed E-state index contributed by atoms with van der Waals surface area (Å²) in [6.07, 6.45) is 8.01. The minimum Gasteiger partial charge on any atom is -0.300 e. The number of benzene rings is 1. The van der Waals surface area contributed by atoms with Crippen molar-refractivity contribution < 1.29 is 9.18 Å². The van der Waals surface area contributed by atoms with Crippen LogP contribution in [0.3, 0.4) is 0 Å². The van der Waals surface area contributed by atoms with Crippen molar-refractivity contribution in [1.29, 1.82) is 0 Å². The molecular weight excluding hydrogens is 455 g/mol. The highest BCUT2D eigenvalue weighted by Gasteiger charge is 2.53. The molecule has 7 nitrogen and oxygen atoms in total. The van der Waals surface area contributed by atoms with Crippen molar-refractivity contribution in [3.05, 3.63) is 41.9 Å². The molecule has 3 aliphatic rings. The Morgan fingerprint density at radius 2 is 1.89 bits per heavy atom. The quantitative estimate of drug-likeness (QED) is 0.478. The van der Waals surface area contributed by atoms with E-state index in [0.717, 1.165) is 73.3 Å². The Hall–Kier alpha value is -2.71. The standard InChI is InChI=1S/C28H35FN6O/c1-33-26(17-34-8-3-2-4-9-34)24(16-30-33)20-5-6-25-21(11-20)12-23(31-32-25)13-27(36)22-14-28(15-22)18-35(19-28)10-7-29/h5-6,11-12,16,22H,2-4,7-10,13-15,17-19H2,1H3. The van der Waals surface area contributed by atoms with Crippen LogP contribution >= 0.6 is 0 Å². The van der Waals surface area contributed by atoms with Crippen LogP contribution in [0.25, 0.3) is 22.0 Å². The van der Waals surface area contributed by atoms with Crippen LogP contribution in [0.2, 0.25) is 0 Å². The van der Waals surface area contributed by atoms with E-state index < -0.39 is 0 Å². The summed E-state index contributed by atoms with van der Waals surface area (Å²) in [6.45, 7) is 5.31. The molecule has 0 atom stereocenters. The number of nitrogens with zero attached hydrogens (tertiary/aromatic N) is 6. The van der Waals surface area contributed by atoms with Gasteiger partial charge in [0.05, 0.1) is 29.5 Å². The van der Waals surface area contributed by atoms with Gasteiger partial charge in [-0.15, -0.1) is 0 Å². The number of likely N-dealkylation sites (tertiary alicyclic amines) is 2. The summed E-state index contributed by atoms with van der Waals surface area (Å²) in [5, 5.41) is 14.3. The zero-order valence-electron chi connectivity index (χ0n) is 21.1. The lowest BCUT2D eigenvalue weighted by atomic mass is 9.56. The predicted molar refractivity (Wildman–Crippen MR) is 137 cm³/mol. The Morgan fingerprint density at radius 3 is 2.67 bits per heavy atom. The van der Waals surface area contributed by atoms with Gasteiger partial charge in [0.1, 0.15) is 12.5 Å². The molecule has 8 heteroatoms. The molecule has 1 saturated carbocycles. The number of Topliss-reactive ketones (excluding diaryl/α,β-unsaturated/α-hetero) is 1. The molecule has 36 heavy (non-hydrogen) atoms. The first kappa shape index (κ1) is 23.7. The third-order valence-electron chi connectivity index (χ3n) is 8.52. The zero-order valence-corrected chi connectivity index (χ0v) is 21.1. The fourth-order valence-electron chi connectivity index (χ4n) is 6.54. The number of aryl methyl sites for hydroxylation is 1. The summed E-state index contributed by atoms with van der Waals surface area (Å²) >= 11 is 0. The number of halogens is 1. The van der Waals surface area contributed by atoms with Gasteiger partial charge in [0.25, 0.3) is 0 Å². The van der Waals surface area contributed by atoms with Gasteiger partial charge < -0.3 is 0 Å². The lowest BCUT2D eigenvalue weighted by Crippen LogP contribution is -2.63. The van der Waals surface area contributed by atoms with Crippen molar-refractivity contribution in [2.45, 2.75) is 45.1 Å². The number of piperidine rings is 1. The molecule has 1 aliphatic carbocycles. The topological polar surface area (TPSA) is 67.2 Å². The molecular formula is C28H35FN6O. The summed E-state index contributed by atoms with van der Waals surface area (Å²) in [5.41, 5.74) is 5.33. The minimum absolute atomic E-state index is 0.106. The van der Waals surface area contributed by atoms with E-state index in [1.165, 1.54) is 25.0 Å². The molecule has 1 aromatic carbocycles. The Labute approximate surface area is 211 Å². The Bertz CT molecular complexity index is 1250. The molecule has 3 aromatic rings. The number of rotatable bonds is 8. The maximum Gasteiger partial charge on any atom is 0.142 e. The van der Waals surface area contributed by atoms with Crippen molar-refractivity contribution in [3.8, 4) is 11.1 Å². The average Bonchev–Trinajstić information content (AvgIpc) is 3.19. The zero-order chi connectivity index (χ0) is 24.7. The van der Waals surface area contributed by atoms with Gasteiger partial charge in [0, 0.05) is 50.1 Å². The van der Waals surface area contributed by atoms with Crippen molar-refractivity contribution in [3.63, 3.8) is 0 Å². The highest BCUT2D eigenvalue weighted by molar-refractivity contribution is 5.87. The second kappa shape index (κ2) is 9.63. The van der Waals surface area contributed by atoms with Gasteiger partial charge in [-0.05, 0) is 68.0 Å². The molecule has 2 saturated heterocycles. The number of aromatic nitrogens is 4. The van der Waals surface area contributed by atoms with Gasteiger partial charge in [-0.2, -0.15) is 15.3 Å². The predicted octanol–water partition coefficient (Wildman–Crippen LogP) is 3.81. The molecule has 0 bridgehead atoms. The molecule has 0 N–H and O–H groups in total. The molecule has 6 rings (SSSR count). The van der Waals surface area contributed by atoms with Gasteiger partial charge in [-0.25, -0.2) is 4.39 Å². The maximum absolute atomic E-state index is 12.9. The molecule has 0 unspecified atom stereocenters. The van der Waals surface area contributed by atoms with Crippen LogP contribution in [-0.4, -0.2) is 75.0 Å². The Balaban J connectivity index is 1.15. The van der Waals surface area contributed by atoms with Gasteiger partial charge in [0.15, 0.2) is 0 Å². The molecule has 0 radical (unpaired) electrons. The number of carbonyl (C=O) groups is 1. The van der Waals surface area contributed by atoms with E-state index in [4.69, 9.17) is 0 Å². The lowest BCUT2D eigenvalue weighted by Gasteiger charge is -2.58. The second-order valence-electron chi connectivity index (χ2n) is 11.2. The SMILES string of the molecule is Cn1ncc(-c2ccc3nnc(CC(=O)C4CC5(C4)CN(CCF)C5)cc3c2)c1CN1CCCCC1. The van der Waals surface area contributed by atoms with Crippen molar-refractivity contribution >= 4 is 16.7 Å². The first-order chi connectivity index (χ1) is 17.5. The summed E-state index contributed by atoms with van der Waals surface area (Å²) in [7, 11) is 2.02. The number of fused-ring (bicyclic) bond motifs is 1. The van der Waals surface area contributed by atoms with Crippen molar-refractivity contribution in [2.75, 3.05) is 39.4 Å². The number of alkyl halides is 1. The van der Waals surface area contributed by atoms with E-state index in [2.05, 4.69) is 37.2 Å². The van der Waals surface area contributed by atoms with E-state index in [1.807, 2.05) is 30.1 Å². The lowest BCUT2D eigenvalue weighted by molar-refractivity contribution is -0.141. The second-order valence-corrected chi connectivity index (χ2v) is 11.2. The van der Waals surface area contributed by atoms with Crippen molar-refractivity contribution in [1.82, 2.24) is 29.8 Å². The molecule has 0 amide bonds. The van der Waals surface area contributed by atoms with Gasteiger partial charge >= 0.3 is 0 Å².